The van der Waals surface area contributed by atoms with Gasteiger partial charge in [-0.15, -0.1) is 0 Å². The number of nitrogens with zero attached hydrogens (tertiary/aromatic N) is 2. The number of benzene rings is 2. The Hall–Kier alpha value is -2.82. The first kappa shape index (κ1) is 16.1. The van der Waals surface area contributed by atoms with Crippen molar-refractivity contribution in [2.24, 2.45) is 0 Å². The fourth-order valence-corrected chi connectivity index (χ4v) is 2.97. The van der Waals surface area contributed by atoms with Crippen LogP contribution >= 0.6 is 0 Å². The number of hydrogen-bond donors (Lipinski definition) is 2. The van der Waals surface area contributed by atoms with Gasteiger partial charge in [-0.2, -0.15) is 0 Å². The van der Waals surface area contributed by atoms with Crippen LogP contribution in [0.15, 0.2) is 41.2 Å². The van der Waals surface area contributed by atoms with Crippen LogP contribution in [0.5, 0.6) is 0 Å². The van der Waals surface area contributed by atoms with E-state index < -0.39 is 0 Å². The summed E-state index contributed by atoms with van der Waals surface area (Å²) in [6.45, 7) is 6.08. The maximum absolute atomic E-state index is 13.2. The second kappa shape index (κ2) is 6.00. The van der Waals surface area contributed by atoms with Crippen molar-refractivity contribution in [3.63, 3.8) is 0 Å². The van der Waals surface area contributed by atoms with E-state index in [-0.39, 0.29) is 11.5 Å². The van der Waals surface area contributed by atoms with E-state index in [2.05, 4.69) is 0 Å². The summed E-state index contributed by atoms with van der Waals surface area (Å²) in [6.07, 6.45) is 0.735. The Labute approximate surface area is 140 Å². The summed E-state index contributed by atoms with van der Waals surface area (Å²) in [4.78, 5) is 18.0. The first-order valence-electron chi connectivity index (χ1n) is 8.14. The van der Waals surface area contributed by atoms with Crippen LogP contribution in [0.3, 0.4) is 0 Å². The number of rotatable bonds is 3. The van der Waals surface area contributed by atoms with Crippen LogP contribution in [-0.2, 0) is 6.42 Å². The molecule has 5 nitrogen and oxygen atoms in total. The smallest absolute Gasteiger partial charge is 0.265 e. The normalized spacial score (nSPS) is 11.3. The average Bonchev–Trinajstić information content (AvgIpc) is 2.55. The lowest BCUT2D eigenvalue weighted by Crippen LogP contribution is -2.25. The molecule has 4 N–H and O–H groups in total. The van der Waals surface area contributed by atoms with Gasteiger partial charge in [0.25, 0.3) is 5.56 Å². The first-order chi connectivity index (χ1) is 11.4. The molecule has 0 aliphatic carbocycles. The monoisotopic (exact) mass is 322 g/mol. The summed E-state index contributed by atoms with van der Waals surface area (Å²) >= 11 is 0. The lowest BCUT2D eigenvalue weighted by atomic mass is 10.0. The third-order valence-corrected chi connectivity index (χ3v) is 4.23. The average molecular weight is 322 g/mol. The molecule has 1 heterocycles. The predicted molar refractivity (Wildman–Crippen MR) is 99.6 cm³/mol. The van der Waals surface area contributed by atoms with Crippen molar-refractivity contribution in [3.05, 3.63) is 58.1 Å². The molecule has 0 spiro atoms. The first-order valence-corrected chi connectivity index (χ1v) is 8.14. The number of fused-ring (bicyclic) bond motifs is 1. The van der Waals surface area contributed by atoms with Crippen molar-refractivity contribution in [2.45, 2.75) is 33.1 Å². The van der Waals surface area contributed by atoms with Gasteiger partial charge < -0.3 is 11.5 Å². The molecule has 0 bridgehead atoms. The van der Waals surface area contributed by atoms with Crippen molar-refractivity contribution in [1.29, 1.82) is 0 Å². The topological polar surface area (TPSA) is 86.9 Å². The van der Waals surface area contributed by atoms with Crippen LogP contribution < -0.4 is 17.0 Å². The zero-order valence-electron chi connectivity index (χ0n) is 14.2. The number of anilines is 2. The van der Waals surface area contributed by atoms with Crippen molar-refractivity contribution in [2.75, 3.05) is 11.5 Å². The molecule has 1 aromatic heterocycles. The van der Waals surface area contributed by atoms with Crippen LogP contribution in [0.25, 0.3) is 16.6 Å². The van der Waals surface area contributed by atoms with Crippen molar-refractivity contribution < 1.29 is 0 Å². The number of nitrogens with two attached hydrogens (primary N) is 2. The van der Waals surface area contributed by atoms with Gasteiger partial charge in [0.15, 0.2) is 0 Å². The molecule has 0 aliphatic heterocycles. The van der Waals surface area contributed by atoms with E-state index in [1.807, 2.05) is 32.9 Å². The van der Waals surface area contributed by atoms with E-state index in [0.717, 1.165) is 23.5 Å². The maximum Gasteiger partial charge on any atom is 0.265 e. The minimum absolute atomic E-state index is 0.0804. The van der Waals surface area contributed by atoms with Gasteiger partial charge in [-0.3, -0.25) is 9.36 Å². The molecule has 24 heavy (non-hydrogen) atoms. The van der Waals surface area contributed by atoms with E-state index in [1.54, 1.807) is 28.8 Å². The van der Waals surface area contributed by atoms with Crippen LogP contribution in [0, 0.1) is 0 Å². The molecule has 0 fully saturated rings. The van der Waals surface area contributed by atoms with Crippen LogP contribution in [0.1, 0.15) is 38.1 Å². The largest absolute Gasteiger partial charge is 0.399 e. The Bertz CT molecular complexity index is 956. The minimum atomic E-state index is -0.0804. The summed E-state index contributed by atoms with van der Waals surface area (Å²) in [5.74, 6) is 0.809. The third kappa shape index (κ3) is 2.52. The van der Waals surface area contributed by atoms with Gasteiger partial charge in [-0.25, -0.2) is 4.98 Å². The van der Waals surface area contributed by atoms with E-state index in [9.17, 15) is 4.79 Å². The summed E-state index contributed by atoms with van der Waals surface area (Å²) in [5, 5.41) is 0.585. The van der Waals surface area contributed by atoms with Gasteiger partial charge in [0.05, 0.1) is 16.6 Å². The second-order valence-corrected chi connectivity index (χ2v) is 6.24. The number of nitrogen functional groups attached to an aromatic ring is 2. The molecule has 0 saturated carbocycles. The number of aryl methyl sites for hydroxylation is 1. The number of hydrogen-bond acceptors (Lipinski definition) is 4. The molecular formula is C19H22N4O. The van der Waals surface area contributed by atoms with Crippen LogP contribution in [0.4, 0.5) is 11.4 Å². The quantitative estimate of drug-likeness (QED) is 0.725. The molecular weight excluding hydrogens is 300 g/mol. The highest BCUT2D eigenvalue weighted by Crippen LogP contribution is 2.25. The van der Waals surface area contributed by atoms with E-state index in [0.29, 0.717) is 22.3 Å². The maximum atomic E-state index is 13.2. The minimum Gasteiger partial charge on any atom is -0.399 e. The highest BCUT2D eigenvalue weighted by Gasteiger charge is 2.17. The van der Waals surface area contributed by atoms with E-state index in [4.69, 9.17) is 16.5 Å². The highest BCUT2D eigenvalue weighted by atomic mass is 16.1. The fourth-order valence-electron chi connectivity index (χ4n) is 2.97. The molecule has 3 rings (SSSR count). The third-order valence-electron chi connectivity index (χ3n) is 4.23. The molecule has 3 aromatic rings. The summed E-state index contributed by atoms with van der Waals surface area (Å²) in [6, 6.07) is 10.8. The Morgan fingerprint density at radius 3 is 2.33 bits per heavy atom. The second-order valence-electron chi connectivity index (χ2n) is 6.24. The summed E-state index contributed by atoms with van der Waals surface area (Å²) in [7, 11) is 0. The Morgan fingerprint density at radius 2 is 1.75 bits per heavy atom. The summed E-state index contributed by atoms with van der Waals surface area (Å²) < 4.78 is 1.67. The zero-order valence-corrected chi connectivity index (χ0v) is 14.2. The highest BCUT2D eigenvalue weighted by molar-refractivity contribution is 5.86. The summed E-state index contributed by atoms with van der Waals surface area (Å²) in [5.41, 5.74) is 15.5. The molecule has 0 radical (unpaired) electrons. The zero-order chi connectivity index (χ0) is 17.4. The van der Waals surface area contributed by atoms with Gasteiger partial charge in [-0.1, -0.05) is 20.8 Å². The Balaban J connectivity index is 2.43. The molecule has 0 aliphatic rings. The van der Waals surface area contributed by atoms with Crippen LogP contribution in [-0.4, -0.2) is 9.55 Å². The molecule has 0 unspecified atom stereocenters. The molecule has 0 saturated heterocycles. The standard InChI is InChI=1S/C19H22N4O/c1-4-14-16(21)10-9-15-17(14)22-18(11(2)3)23(19(15)24)13-7-5-12(20)6-8-13/h5-11H,4,20-21H2,1-3H3. The van der Waals surface area contributed by atoms with Gasteiger partial charge in [-0.05, 0) is 42.8 Å². The predicted octanol–water partition coefficient (Wildman–Crippen LogP) is 3.24. The Kier molecular flexibility index (Phi) is 4.01. The fraction of sp³-hybridized carbons (Fsp3) is 0.263. The number of aromatic nitrogens is 2. The van der Waals surface area contributed by atoms with Crippen molar-refractivity contribution >= 4 is 22.3 Å². The molecule has 5 heteroatoms. The molecule has 0 atom stereocenters. The van der Waals surface area contributed by atoms with Gasteiger partial charge >= 0.3 is 0 Å². The molecule has 2 aromatic carbocycles. The van der Waals surface area contributed by atoms with Gasteiger partial charge in [0.2, 0.25) is 0 Å². The molecule has 0 amide bonds. The molecule has 124 valence electrons. The van der Waals surface area contributed by atoms with Crippen molar-refractivity contribution in [3.8, 4) is 5.69 Å². The van der Waals surface area contributed by atoms with Gasteiger partial charge in [0, 0.05) is 22.9 Å². The lowest BCUT2D eigenvalue weighted by molar-refractivity contribution is 0.722. The lowest BCUT2D eigenvalue weighted by Gasteiger charge is -2.17. The Morgan fingerprint density at radius 1 is 1.08 bits per heavy atom. The van der Waals surface area contributed by atoms with E-state index >= 15 is 0 Å². The van der Waals surface area contributed by atoms with E-state index in [1.165, 1.54) is 0 Å². The SMILES string of the molecule is CCc1c(N)ccc2c(=O)n(-c3ccc(N)cc3)c(C(C)C)nc12. The van der Waals surface area contributed by atoms with Gasteiger partial charge in [0.1, 0.15) is 5.82 Å². The van der Waals surface area contributed by atoms with Crippen LogP contribution in [0.2, 0.25) is 0 Å². The van der Waals surface area contributed by atoms with Crippen molar-refractivity contribution in [1.82, 2.24) is 9.55 Å².